The van der Waals surface area contributed by atoms with Gasteiger partial charge in [-0.05, 0) is 48.9 Å². The molecule has 2 aromatic carbocycles. The van der Waals surface area contributed by atoms with Crippen LogP contribution in [0.4, 0.5) is 0 Å². The molecule has 0 saturated carbocycles. The maximum atomic E-state index is 11.7. The van der Waals surface area contributed by atoms with Crippen LogP contribution in [0, 0.1) is 13.8 Å². The summed E-state index contributed by atoms with van der Waals surface area (Å²) in [5.74, 6) is -1.25. The van der Waals surface area contributed by atoms with Gasteiger partial charge in [-0.1, -0.05) is 55.0 Å². The Morgan fingerprint density at radius 3 is 2.19 bits per heavy atom. The minimum atomic E-state index is -0.762. The third-order valence-electron chi connectivity index (χ3n) is 3.97. The number of aryl methyl sites for hydroxylation is 3. The van der Waals surface area contributed by atoms with Crippen LogP contribution in [0.25, 0.3) is 0 Å². The lowest BCUT2D eigenvalue weighted by atomic mass is 9.88. The minimum Gasteiger partial charge on any atom is -0.481 e. The number of hydrogen-bond donors (Lipinski definition) is 1. The Balaban J connectivity index is 2.28. The lowest BCUT2D eigenvalue weighted by molar-refractivity contribution is -0.138. The SMILES string of the molecule is CCc1ccc(CC(C(=O)O)c2ccc(C)cc2C)cc1. The van der Waals surface area contributed by atoms with Crippen LogP contribution in [0.5, 0.6) is 0 Å². The van der Waals surface area contributed by atoms with Gasteiger partial charge in [-0.15, -0.1) is 0 Å². The topological polar surface area (TPSA) is 37.3 Å². The second-order valence-corrected chi connectivity index (χ2v) is 5.63. The van der Waals surface area contributed by atoms with E-state index < -0.39 is 11.9 Å². The molecule has 2 nitrogen and oxygen atoms in total. The van der Waals surface area contributed by atoms with Crippen molar-refractivity contribution in [3.63, 3.8) is 0 Å². The maximum Gasteiger partial charge on any atom is 0.311 e. The monoisotopic (exact) mass is 282 g/mol. The summed E-state index contributed by atoms with van der Waals surface area (Å²) < 4.78 is 0. The van der Waals surface area contributed by atoms with E-state index in [1.807, 2.05) is 44.2 Å². The summed E-state index contributed by atoms with van der Waals surface area (Å²) in [5.41, 5.74) is 5.46. The van der Waals surface area contributed by atoms with E-state index in [0.29, 0.717) is 6.42 Å². The van der Waals surface area contributed by atoms with Crippen molar-refractivity contribution in [3.8, 4) is 0 Å². The van der Waals surface area contributed by atoms with Crippen LogP contribution in [0.15, 0.2) is 42.5 Å². The van der Waals surface area contributed by atoms with Gasteiger partial charge in [-0.2, -0.15) is 0 Å². The van der Waals surface area contributed by atoms with Gasteiger partial charge in [0, 0.05) is 0 Å². The van der Waals surface area contributed by atoms with Crippen LogP contribution >= 0.6 is 0 Å². The highest BCUT2D eigenvalue weighted by atomic mass is 16.4. The number of carbonyl (C=O) groups is 1. The summed E-state index contributed by atoms with van der Waals surface area (Å²) >= 11 is 0. The summed E-state index contributed by atoms with van der Waals surface area (Å²) in [6, 6.07) is 14.2. The molecular weight excluding hydrogens is 260 g/mol. The van der Waals surface area contributed by atoms with Crippen LogP contribution in [0.3, 0.4) is 0 Å². The second-order valence-electron chi connectivity index (χ2n) is 5.63. The van der Waals surface area contributed by atoms with Gasteiger partial charge >= 0.3 is 5.97 Å². The molecular formula is C19H22O2. The Morgan fingerprint density at radius 1 is 1.05 bits per heavy atom. The van der Waals surface area contributed by atoms with E-state index in [-0.39, 0.29) is 0 Å². The first kappa shape index (κ1) is 15.3. The third kappa shape index (κ3) is 3.72. The van der Waals surface area contributed by atoms with E-state index in [2.05, 4.69) is 19.1 Å². The van der Waals surface area contributed by atoms with Gasteiger partial charge in [0.15, 0.2) is 0 Å². The maximum absolute atomic E-state index is 11.7. The van der Waals surface area contributed by atoms with E-state index in [9.17, 15) is 9.90 Å². The molecule has 1 unspecified atom stereocenters. The standard InChI is InChI=1S/C19H22O2/c1-4-15-6-8-16(9-7-15)12-18(19(20)21)17-10-5-13(2)11-14(17)3/h5-11,18H,4,12H2,1-3H3,(H,20,21). The van der Waals surface area contributed by atoms with E-state index in [1.54, 1.807) is 0 Å². The van der Waals surface area contributed by atoms with Crippen molar-refractivity contribution in [2.75, 3.05) is 0 Å². The largest absolute Gasteiger partial charge is 0.481 e. The number of hydrogen-bond acceptors (Lipinski definition) is 1. The van der Waals surface area contributed by atoms with Crippen LogP contribution < -0.4 is 0 Å². The van der Waals surface area contributed by atoms with Crippen molar-refractivity contribution < 1.29 is 9.90 Å². The van der Waals surface area contributed by atoms with Gasteiger partial charge in [0.1, 0.15) is 0 Å². The van der Waals surface area contributed by atoms with E-state index >= 15 is 0 Å². The molecule has 0 saturated heterocycles. The predicted molar refractivity (Wildman–Crippen MR) is 85.8 cm³/mol. The Hall–Kier alpha value is -2.09. The molecule has 0 radical (unpaired) electrons. The molecule has 2 heteroatoms. The lowest BCUT2D eigenvalue weighted by Crippen LogP contribution is -2.15. The molecule has 110 valence electrons. The summed E-state index contributed by atoms with van der Waals surface area (Å²) in [4.78, 5) is 11.7. The summed E-state index contributed by atoms with van der Waals surface area (Å²) in [6.45, 7) is 6.12. The molecule has 21 heavy (non-hydrogen) atoms. The van der Waals surface area contributed by atoms with Crippen LogP contribution in [-0.2, 0) is 17.6 Å². The number of rotatable bonds is 5. The highest BCUT2D eigenvalue weighted by molar-refractivity contribution is 5.77. The summed E-state index contributed by atoms with van der Waals surface area (Å²) in [7, 11) is 0. The van der Waals surface area contributed by atoms with Gasteiger partial charge in [0.05, 0.1) is 5.92 Å². The molecule has 2 rings (SSSR count). The lowest BCUT2D eigenvalue weighted by Gasteiger charge is -2.16. The van der Waals surface area contributed by atoms with Gasteiger partial charge < -0.3 is 5.11 Å². The van der Waals surface area contributed by atoms with Gasteiger partial charge in [-0.3, -0.25) is 4.79 Å². The molecule has 0 bridgehead atoms. The highest BCUT2D eigenvalue weighted by Gasteiger charge is 2.22. The van der Waals surface area contributed by atoms with E-state index in [4.69, 9.17) is 0 Å². The quantitative estimate of drug-likeness (QED) is 0.889. The first-order chi connectivity index (χ1) is 10.0. The minimum absolute atomic E-state index is 0.488. The molecule has 0 aliphatic heterocycles. The smallest absolute Gasteiger partial charge is 0.311 e. The molecule has 0 spiro atoms. The first-order valence-electron chi connectivity index (χ1n) is 7.39. The Kier molecular flexibility index (Phi) is 4.79. The number of carboxylic acid groups (broad SMARTS) is 1. The van der Waals surface area contributed by atoms with Crippen LogP contribution in [0.2, 0.25) is 0 Å². The van der Waals surface area contributed by atoms with Gasteiger partial charge in [0.2, 0.25) is 0 Å². The number of benzene rings is 2. The number of carboxylic acids is 1. The first-order valence-corrected chi connectivity index (χ1v) is 7.39. The Morgan fingerprint density at radius 2 is 1.67 bits per heavy atom. The highest BCUT2D eigenvalue weighted by Crippen LogP contribution is 2.25. The molecule has 0 fully saturated rings. The van der Waals surface area contributed by atoms with Gasteiger partial charge in [-0.25, -0.2) is 0 Å². The fourth-order valence-electron chi connectivity index (χ4n) is 2.69. The third-order valence-corrected chi connectivity index (χ3v) is 3.97. The molecule has 0 amide bonds. The zero-order valence-corrected chi connectivity index (χ0v) is 12.9. The average molecular weight is 282 g/mol. The molecule has 1 N–H and O–H groups in total. The fourth-order valence-corrected chi connectivity index (χ4v) is 2.69. The summed E-state index contributed by atoms with van der Waals surface area (Å²) in [5, 5.41) is 9.58. The second kappa shape index (κ2) is 6.57. The zero-order chi connectivity index (χ0) is 15.4. The molecule has 0 aliphatic rings. The van der Waals surface area contributed by atoms with E-state index in [0.717, 1.165) is 28.7 Å². The van der Waals surface area contributed by atoms with Crippen molar-refractivity contribution in [1.82, 2.24) is 0 Å². The van der Waals surface area contributed by atoms with Crippen LogP contribution in [-0.4, -0.2) is 11.1 Å². The molecule has 1 atom stereocenters. The average Bonchev–Trinajstić information content (AvgIpc) is 2.46. The number of aliphatic carboxylic acids is 1. The Bertz CT molecular complexity index is 627. The molecule has 0 aromatic heterocycles. The van der Waals surface area contributed by atoms with Crippen molar-refractivity contribution in [2.24, 2.45) is 0 Å². The van der Waals surface area contributed by atoms with E-state index in [1.165, 1.54) is 5.56 Å². The van der Waals surface area contributed by atoms with Gasteiger partial charge in [0.25, 0.3) is 0 Å². The fraction of sp³-hybridized carbons (Fsp3) is 0.316. The van der Waals surface area contributed by atoms with Crippen molar-refractivity contribution >= 4 is 5.97 Å². The van der Waals surface area contributed by atoms with Crippen molar-refractivity contribution in [1.29, 1.82) is 0 Å². The molecule has 0 heterocycles. The Labute approximate surface area is 126 Å². The summed E-state index contributed by atoms with van der Waals surface area (Å²) in [6.07, 6.45) is 1.53. The predicted octanol–water partition coefficient (Wildman–Crippen LogP) is 4.28. The van der Waals surface area contributed by atoms with Crippen molar-refractivity contribution in [2.45, 2.75) is 39.5 Å². The van der Waals surface area contributed by atoms with Crippen LogP contribution in [0.1, 0.15) is 40.7 Å². The van der Waals surface area contributed by atoms with Crippen molar-refractivity contribution in [3.05, 3.63) is 70.3 Å². The molecule has 0 aliphatic carbocycles. The normalized spacial score (nSPS) is 12.1. The zero-order valence-electron chi connectivity index (χ0n) is 12.9. The molecule has 2 aromatic rings.